The van der Waals surface area contributed by atoms with E-state index in [1.807, 2.05) is 29.7 Å². The van der Waals surface area contributed by atoms with Gasteiger partial charge in [0.05, 0.1) is 29.9 Å². The fraction of sp³-hybridized carbons (Fsp3) is 0.423. The molecule has 1 fully saturated rings. The van der Waals surface area contributed by atoms with Crippen LogP contribution in [-0.4, -0.2) is 87.3 Å². The van der Waals surface area contributed by atoms with Gasteiger partial charge in [0.1, 0.15) is 11.3 Å². The van der Waals surface area contributed by atoms with E-state index in [2.05, 4.69) is 4.99 Å². The average Bonchev–Trinajstić information content (AvgIpc) is 3.30. The minimum Gasteiger partial charge on any atom is -0.495 e. The zero-order valence-corrected chi connectivity index (χ0v) is 23.8. The molecule has 1 aromatic heterocycles. The SMILES string of the molecule is CCOCCn1c(=NC(=O)c2ccc(S(=O)(=O)N3CCN(C(=O)OCC)CC3)cc2)sc2cccc(OC)c21. The Kier molecular flexibility index (Phi) is 9.38. The molecule has 1 saturated heterocycles. The average molecular weight is 577 g/mol. The summed E-state index contributed by atoms with van der Waals surface area (Å²) in [5.41, 5.74) is 1.10. The number of aromatic nitrogens is 1. The van der Waals surface area contributed by atoms with Gasteiger partial charge >= 0.3 is 6.09 Å². The molecule has 4 rings (SSSR count). The van der Waals surface area contributed by atoms with Crippen LogP contribution in [0.3, 0.4) is 0 Å². The van der Waals surface area contributed by atoms with Crippen LogP contribution in [0, 0.1) is 0 Å². The molecule has 0 N–H and O–H groups in total. The lowest BCUT2D eigenvalue weighted by molar-refractivity contribution is 0.0933. The Morgan fingerprint density at radius 3 is 2.36 bits per heavy atom. The van der Waals surface area contributed by atoms with Crippen molar-refractivity contribution in [3.8, 4) is 5.75 Å². The van der Waals surface area contributed by atoms with Crippen molar-refractivity contribution in [3.63, 3.8) is 0 Å². The van der Waals surface area contributed by atoms with Gasteiger partial charge in [-0.3, -0.25) is 4.79 Å². The van der Waals surface area contributed by atoms with Crippen LogP contribution in [0.15, 0.2) is 52.4 Å². The summed E-state index contributed by atoms with van der Waals surface area (Å²) < 4.78 is 46.5. The summed E-state index contributed by atoms with van der Waals surface area (Å²) in [7, 11) is -2.19. The fourth-order valence-electron chi connectivity index (χ4n) is 4.25. The predicted octanol–water partition coefficient (Wildman–Crippen LogP) is 2.95. The van der Waals surface area contributed by atoms with Crippen LogP contribution in [0.5, 0.6) is 5.75 Å². The Labute approximate surface area is 231 Å². The van der Waals surface area contributed by atoms with Gasteiger partial charge in [0.2, 0.25) is 10.0 Å². The highest BCUT2D eigenvalue weighted by Gasteiger charge is 2.30. The molecule has 13 heteroatoms. The monoisotopic (exact) mass is 576 g/mol. The number of rotatable bonds is 9. The smallest absolute Gasteiger partial charge is 0.409 e. The molecule has 11 nitrogen and oxygen atoms in total. The maximum Gasteiger partial charge on any atom is 0.409 e. The van der Waals surface area contributed by atoms with Gasteiger partial charge in [-0.05, 0) is 50.2 Å². The first-order valence-corrected chi connectivity index (χ1v) is 14.9. The Morgan fingerprint density at radius 1 is 1.00 bits per heavy atom. The van der Waals surface area contributed by atoms with Crippen molar-refractivity contribution in [2.75, 3.05) is 53.1 Å². The lowest BCUT2D eigenvalue weighted by Crippen LogP contribution is -2.50. The van der Waals surface area contributed by atoms with Crippen molar-refractivity contribution >= 4 is 43.6 Å². The number of nitrogens with zero attached hydrogens (tertiary/aromatic N) is 4. The second kappa shape index (κ2) is 12.7. The first kappa shape index (κ1) is 28.7. The summed E-state index contributed by atoms with van der Waals surface area (Å²) in [5, 5.41) is 0. The normalized spacial score (nSPS) is 15.1. The molecule has 2 amide bonds. The predicted molar refractivity (Wildman–Crippen MR) is 147 cm³/mol. The molecule has 1 aliphatic rings. The topological polar surface area (TPSA) is 120 Å². The van der Waals surface area contributed by atoms with Gasteiger partial charge in [-0.1, -0.05) is 17.4 Å². The van der Waals surface area contributed by atoms with Crippen molar-refractivity contribution in [3.05, 3.63) is 52.8 Å². The molecule has 0 radical (unpaired) electrons. The van der Waals surface area contributed by atoms with E-state index in [0.29, 0.717) is 30.3 Å². The Balaban J connectivity index is 1.55. The number of carbonyl (C=O) groups is 2. The van der Waals surface area contributed by atoms with E-state index in [-0.39, 0.29) is 43.2 Å². The van der Waals surface area contributed by atoms with Crippen LogP contribution >= 0.6 is 11.3 Å². The number of methoxy groups -OCH3 is 1. The number of piperazine rings is 1. The van der Waals surface area contributed by atoms with Gasteiger partial charge in [-0.25, -0.2) is 13.2 Å². The maximum absolute atomic E-state index is 13.1. The van der Waals surface area contributed by atoms with E-state index in [1.54, 1.807) is 14.0 Å². The number of hydrogen-bond donors (Lipinski definition) is 0. The molecule has 0 saturated carbocycles. The molecule has 0 unspecified atom stereocenters. The minimum atomic E-state index is -3.79. The van der Waals surface area contributed by atoms with Crippen LogP contribution in [-0.2, 0) is 26.0 Å². The Hall–Kier alpha value is -3.26. The zero-order valence-electron chi connectivity index (χ0n) is 22.2. The number of fused-ring (bicyclic) bond motifs is 1. The van der Waals surface area contributed by atoms with Crippen LogP contribution < -0.4 is 9.54 Å². The summed E-state index contributed by atoms with van der Waals surface area (Å²) >= 11 is 1.37. The molecule has 2 aromatic carbocycles. The molecule has 210 valence electrons. The molecule has 0 spiro atoms. The fourth-order valence-corrected chi connectivity index (χ4v) is 6.75. The number of hydrogen-bond acceptors (Lipinski definition) is 8. The molecule has 3 aromatic rings. The highest BCUT2D eigenvalue weighted by atomic mass is 32.2. The zero-order chi connectivity index (χ0) is 28.0. The standard InChI is InChI=1S/C26H32N4O7S2/c1-4-36-18-17-30-23-21(35-3)7-6-8-22(23)38-25(30)27-24(31)19-9-11-20(12-10-19)39(33,34)29-15-13-28(14-16-29)26(32)37-5-2/h6-12H,4-5,13-18H2,1-3H3. The van der Waals surface area contributed by atoms with E-state index >= 15 is 0 Å². The third-order valence-corrected chi connectivity index (χ3v) is 9.20. The quantitative estimate of drug-likeness (QED) is 0.359. The van der Waals surface area contributed by atoms with Crippen molar-refractivity contribution in [1.82, 2.24) is 13.8 Å². The van der Waals surface area contributed by atoms with E-state index in [9.17, 15) is 18.0 Å². The Bertz CT molecular complexity index is 1490. The highest BCUT2D eigenvalue weighted by Crippen LogP contribution is 2.27. The van der Waals surface area contributed by atoms with Crippen molar-refractivity contribution < 1.29 is 32.2 Å². The van der Waals surface area contributed by atoms with E-state index in [0.717, 1.165) is 10.2 Å². The van der Waals surface area contributed by atoms with Gasteiger partial charge in [-0.2, -0.15) is 9.30 Å². The largest absolute Gasteiger partial charge is 0.495 e. The first-order chi connectivity index (χ1) is 18.8. The van der Waals surface area contributed by atoms with Crippen LogP contribution in [0.4, 0.5) is 4.79 Å². The molecule has 1 aliphatic heterocycles. The number of carbonyl (C=O) groups excluding carboxylic acids is 2. The van der Waals surface area contributed by atoms with Gasteiger partial charge < -0.3 is 23.7 Å². The summed E-state index contributed by atoms with van der Waals surface area (Å²) in [6.07, 6.45) is -0.447. The first-order valence-electron chi connectivity index (χ1n) is 12.6. The van der Waals surface area contributed by atoms with Crippen molar-refractivity contribution in [2.45, 2.75) is 25.3 Å². The molecular weight excluding hydrogens is 544 g/mol. The van der Waals surface area contributed by atoms with Gasteiger partial charge in [0, 0.05) is 44.9 Å². The van der Waals surface area contributed by atoms with Crippen LogP contribution in [0.1, 0.15) is 24.2 Å². The van der Waals surface area contributed by atoms with Gasteiger partial charge in [-0.15, -0.1) is 0 Å². The van der Waals surface area contributed by atoms with Gasteiger partial charge in [0.15, 0.2) is 4.80 Å². The molecule has 0 atom stereocenters. The van der Waals surface area contributed by atoms with E-state index in [4.69, 9.17) is 14.2 Å². The summed E-state index contributed by atoms with van der Waals surface area (Å²) in [5.74, 6) is 0.185. The molecule has 2 heterocycles. The third kappa shape index (κ3) is 6.32. The Morgan fingerprint density at radius 2 is 1.72 bits per heavy atom. The van der Waals surface area contributed by atoms with Crippen LogP contribution in [0.25, 0.3) is 10.2 Å². The van der Waals surface area contributed by atoms with Crippen molar-refractivity contribution in [2.24, 2.45) is 4.99 Å². The number of amides is 2. The second-order valence-corrected chi connectivity index (χ2v) is 11.5. The molecule has 0 bridgehead atoms. The summed E-state index contributed by atoms with van der Waals surface area (Å²) in [4.78, 5) is 31.4. The number of ether oxygens (including phenoxy) is 3. The summed E-state index contributed by atoms with van der Waals surface area (Å²) in [6, 6.07) is 11.4. The summed E-state index contributed by atoms with van der Waals surface area (Å²) in [6.45, 7) is 6.22. The van der Waals surface area contributed by atoms with Crippen molar-refractivity contribution in [1.29, 1.82) is 0 Å². The molecule has 0 aliphatic carbocycles. The third-order valence-electron chi connectivity index (χ3n) is 6.25. The lowest BCUT2D eigenvalue weighted by Gasteiger charge is -2.33. The molecular formula is C26H32N4O7S2. The number of sulfonamides is 1. The van der Waals surface area contributed by atoms with Crippen LogP contribution in [0.2, 0.25) is 0 Å². The minimum absolute atomic E-state index is 0.0713. The number of thiazole rings is 1. The maximum atomic E-state index is 13.1. The lowest BCUT2D eigenvalue weighted by atomic mass is 10.2. The van der Waals surface area contributed by atoms with E-state index in [1.165, 1.54) is 44.8 Å². The van der Waals surface area contributed by atoms with E-state index < -0.39 is 22.0 Å². The van der Waals surface area contributed by atoms with Gasteiger partial charge in [0.25, 0.3) is 5.91 Å². The highest BCUT2D eigenvalue weighted by molar-refractivity contribution is 7.89. The number of para-hydroxylation sites is 1. The number of benzene rings is 2. The second-order valence-electron chi connectivity index (χ2n) is 8.57. The molecule has 39 heavy (non-hydrogen) atoms.